The van der Waals surface area contributed by atoms with Gasteiger partial charge in [0.2, 0.25) is 0 Å². The van der Waals surface area contributed by atoms with Crippen LogP contribution >= 0.6 is 0 Å². The highest BCUT2D eigenvalue weighted by Gasteiger charge is 2.24. The van der Waals surface area contributed by atoms with Crippen molar-refractivity contribution in [3.05, 3.63) is 107 Å². The standard InChI is InChI=1S/C26H26N4O4S/c1-4-29(21-11-7-5-8-12-21)35(33,34)23-17-15-20(16-18-23)25(31)27-24-19(2)28(3)30(26(24)32)22-13-9-6-10-14-22/h5-18H,4H2,1-3H3,(H,27,31). The van der Waals surface area contributed by atoms with Gasteiger partial charge in [0, 0.05) is 19.2 Å². The van der Waals surface area contributed by atoms with Crippen LogP contribution in [0.5, 0.6) is 0 Å². The quantitative estimate of drug-likeness (QED) is 0.425. The first-order valence-electron chi connectivity index (χ1n) is 11.1. The van der Waals surface area contributed by atoms with Gasteiger partial charge >= 0.3 is 0 Å². The van der Waals surface area contributed by atoms with Crippen molar-refractivity contribution in [3.63, 3.8) is 0 Å². The minimum Gasteiger partial charge on any atom is -0.316 e. The van der Waals surface area contributed by atoms with Crippen molar-refractivity contribution in [2.24, 2.45) is 7.05 Å². The Morgan fingerprint density at radius 2 is 1.49 bits per heavy atom. The van der Waals surface area contributed by atoms with E-state index in [9.17, 15) is 18.0 Å². The highest BCUT2D eigenvalue weighted by atomic mass is 32.2. The van der Waals surface area contributed by atoms with E-state index in [0.29, 0.717) is 17.1 Å². The molecule has 4 rings (SSSR count). The lowest BCUT2D eigenvalue weighted by atomic mass is 10.2. The van der Waals surface area contributed by atoms with Crippen molar-refractivity contribution < 1.29 is 13.2 Å². The molecular weight excluding hydrogens is 464 g/mol. The number of sulfonamides is 1. The average molecular weight is 491 g/mol. The van der Waals surface area contributed by atoms with E-state index in [4.69, 9.17) is 0 Å². The molecule has 0 aliphatic heterocycles. The number of hydrogen-bond acceptors (Lipinski definition) is 4. The molecule has 0 unspecified atom stereocenters. The molecule has 180 valence electrons. The van der Waals surface area contributed by atoms with Crippen LogP contribution in [0.25, 0.3) is 5.69 Å². The predicted molar refractivity (Wildman–Crippen MR) is 137 cm³/mol. The summed E-state index contributed by atoms with van der Waals surface area (Å²) in [5.74, 6) is -0.504. The fourth-order valence-corrected chi connectivity index (χ4v) is 5.36. The average Bonchev–Trinajstić information content (AvgIpc) is 3.08. The van der Waals surface area contributed by atoms with Gasteiger partial charge in [-0.1, -0.05) is 36.4 Å². The summed E-state index contributed by atoms with van der Waals surface area (Å²) in [6.07, 6.45) is 0. The second kappa shape index (κ2) is 9.63. The second-order valence-corrected chi connectivity index (χ2v) is 9.78. The SMILES string of the molecule is CCN(c1ccccc1)S(=O)(=O)c1ccc(C(=O)Nc2c(C)n(C)n(-c3ccccc3)c2=O)cc1. The van der Waals surface area contributed by atoms with Crippen molar-refractivity contribution in [1.82, 2.24) is 9.36 Å². The summed E-state index contributed by atoms with van der Waals surface area (Å²) in [4.78, 5) is 26.0. The van der Waals surface area contributed by atoms with Crippen LogP contribution in [-0.4, -0.2) is 30.2 Å². The lowest BCUT2D eigenvalue weighted by molar-refractivity contribution is 0.102. The molecule has 0 aliphatic rings. The number of benzene rings is 3. The van der Waals surface area contributed by atoms with Gasteiger partial charge in [0.05, 0.1) is 22.0 Å². The summed E-state index contributed by atoms with van der Waals surface area (Å²) in [6.45, 7) is 3.77. The van der Waals surface area contributed by atoms with Crippen LogP contribution in [0.15, 0.2) is 94.6 Å². The zero-order valence-electron chi connectivity index (χ0n) is 19.7. The number of nitrogens with one attached hydrogen (secondary N) is 1. The molecule has 0 saturated carbocycles. The minimum absolute atomic E-state index is 0.0714. The molecule has 0 spiro atoms. The summed E-state index contributed by atoms with van der Waals surface area (Å²) < 4.78 is 30.8. The summed E-state index contributed by atoms with van der Waals surface area (Å²) in [7, 11) is -2.07. The number of hydrogen-bond donors (Lipinski definition) is 1. The Bertz CT molecular complexity index is 1510. The molecule has 0 saturated heterocycles. The molecule has 0 aliphatic carbocycles. The fraction of sp³-hybridized carbons (Fsp3) is 0.154. The van der Waals surface area contributed by atoms with Gasteiger partial charge in [-0.05, 0) is 62.4 Å². The molecule has 0 fully saturated rings. The third-order valence-electron chi connectivity index (χ3n) is 5.83. The highest BCUT2D eigenvalue weighted by molar-refractivity contribution is 7.92. The fourth-order valence-electron chi connectivity index (χ4n) is 3.89. The van der Waals surface area contributed by atoms with Gasteiger partial charge < -0.3 is 5.32 Å². The maximum absolute atomic E-state index is 13.2. The summed E-state index contributed by atoms with van der Waals surface area (Å²) in [5, 5.41) is 2.69. The van der Waals surface area contributed by atoms with Crippen molar-refractivity contribution in [1.29, 1.82) is 0 Å². The third-order valence-corrected chi connectivity index (χ3v) is 7.75. The Labute approximate surface area is 204 Å². The topological polar surface area (TPSA) is 93.4 Å². The largest absolute Gasteiger partial charge is 0.316 e. The van der Waals surface area contributed by atoms with E-state index < -0.39 is 15.9 Å². The molecule has 9 heteroatoms. The maximum atomic E-state index is 13.2. The zero-order valence-corrected chi connectivity index (χ0v) is 20.5. The van der Waals surface area contributed by atoms with E-state index in [1.165, 1.54) is 33.3 Å². The lowest BCUT2D eigenvalue weighted by Crippen LogP contribution is -2.30. The number of anilines is 2. The Balaban J connectivity index is 1.60. The van der Waals surface area contributed by atoms with Crippen LogP contribution < -0.4 is 15.2 Å². The van der Waals surface area contributed by atoms with Crippen LogP contribution in [0.4, 0.5) is 11.4 Å². The first kappa shape index (κ1) is 24.0. The van der Waals surface area contributed by atoms with Gasteiger partial charge in [0.25, 0.3) is 21.5 Å². The Morgan fingerprint density at radius 1 is 0.914 bits per heavy atom. The summed E-state index contributed by atoms with van der Waals surface area (Å²) >= 11 is 0. The molecule has 3 aromatic carbocycles. The number of rotatable bonds is 7. The van der Waals surface area contributed by atoms with Crippen LogP contribution in [-0.2, 0) is 17.1 Å². The van der Waals surface area contributed by atoms with Gasteiger partial charge in [-0.3, -0.25) is 18.6 Å². The molecule has 0 radical (unpaired) electrons. The van der Waals surface area contributed by atoms with Gasteiger partial charge in [0.15, 0.2) is 0 Å². The normalized spacial score (nSPS) is 11.3. The van der Waals surface area contributed by atoms with Crippen molar-refractivity contribution in [2.45, 2.75) is 18.7 Å². The predicted octanol–water partition coefficient (Wildman–Crippen LogP) is 3.95. The Hall–Kier alpha value is -4.11. The molecule has 1 heterocycles. The van der Waals surface area contributed by atoms with Crippen molar-refractivity contribution in [3.8, 4) is 5.69 Å². The first-order chi connectivity index (χ1) is 16.8. The molecule has 0 atom stereocenters. The molecular formula is C26H26N4O4S. The van der Waals surface area contributed by atoms with Crippen LogP contribution in [0.2, 0.25) is 0 Å². The van der Waals surface area contributed by atoms with E-state index in [1.807, 2.05) is 24.3 Å². The van der Waals surface area contributed by atoms with Crippen molar-refractivity contribution >= 4 is 27.3 Å². The van der Waals surface area contributed by atoms with Crippen molar-refractivity contribution in [2.75, 3.05) is 16.2 Å². The second-order valence-electron chi connectivity index (χ2n) is 7.92. The molecule has 1 amide bonds. The van der Waals surface area contributed by atoms with Gasteiger partial charge in [-0.2, -0.15) is 0 Å². The number of carbonyl (C=O) groups excluding carboxylic acids is 1. The number of aromatic nitrogens is 2. The molecule has 0 bridgehead atoms. The number of amides is 1. The summed E-state index contributed by atoms with van der Waals surface area (Å²) in [6, 6.07) is 23.6. The van der Waals surface area contributed by atoms with E-state index in [-0.39, 0.29) is 28.3 Å². The lowest BCUT2D eigenvalue weighted by Gasteiger charge is -2.23. The van der Waals surface area contributed by atoms with Gasteiger partial charge in [0.1, 0.15) is 5.69 Å². The van der Waals surface area contributed by atoms with E-state index in [1.54, 1.807) is 62.0 Å². The molecule has 1 aromatic heterocycles. The van der Waals surface area contributed by atoms with E-state index in [2.05, 4.69) is 5.32 Å². The molecule has 4 aromatic rings. The summed E-state index contributed by atoms with van der Waals surface area (Å²) in [5.41, 5.74) is 1.88. The molecule has 8 nitrogen and oxygen atoms in total. The zero-order chi connectivity index (χ0) is 25.2. The smallest absolute Gasteiger partial charge is 0.295 e. The number of para-hydroxylation sites is 2. The van der Waals surface area contributed by atoms with Crippen LogP contribution in [0.1, 0.15) is 23.0 Å². The van der Waals surface area contributed by atoms with Gasteiger partial charge in [-0.25, -0.2) is 13.1 Å². The minimum atomic E-state index is -3.81. The highest BCUT2D eigenvalue weighted by Crippen LogP contribution is 2.24. The van der Waals surface area contributed by atoms with E-state index in [0.717, 1.165) is 0 Å². The van der Waals surface area contributed by atoms with E-state index >= 15 is 0 Å². The maximum Gasteiger partial charge on any atom is 0.295 e. The number of carbonyl (C=O) groups is 1. The third kappa shape index (κ3) is 4.50. The number of nitrogens with zero attached hydrogens (tertiary/aromatic N) is 3. The molecule has 1 N–H and O–H groups in total. The monoisotopic (exact) mass is 490 g/mol. The Kier molecular flexibility index (Phi) is 6.61. The Morgan fingerprint density at radius 3 is 2.06 bits per heavy atom. The van der Waals surface area contributed by atoms with Gasteiger partial charge in [-0.15, -0.1) is 0 Å². The first-order valence-corrected chi connectivity index (χ1v) is 12.5. The molecule has 35 heavy (non-hydrogen) atoms. The van der Waals surface area contributed by atoms with Crippen LogP contribution in [0, 0.1) is 6.92 Å². The van der Waals surface area contributed by atoms with Crippen LogP contribution in [0.3, 0.4) is 0 Å².